The smallest absolute Gasteiger partial charge is 0.133 e. The van der Waals surface area contributed by atoms with Crippen LogP contribution in [0.4, 0.5) is 5.82 Å². The highest BCUT2D eigenvalue weighted by Gasteiger charge is 2.22. The fraction of sp³-hybridized carbons (Fsp3) is 0.556. The molecule has 2 rings (SSSR count). The molecule has 14 heavy (non-hydrogen) atoms. The molecule has 0 amide bonds. The van der Waals surface area contributed by atoms with Crippen LogP contribution in [0.5, 0.6) is 0 Å². The van der Waals surface area contributed by atoms with Gasteiger partial charge in [-0.2, -0.15) is 0 Å². The second-order valence-corrected chi connectivity index (χ2v) is 4.17. The van der Waals surface area contributed by atoms with Crippen molar-refractivity contribution in [1.82, 2.24) is 15.3 Å². The summed E-state index contributed by atoms with van der Waals surface area (Å²) < 4.78 is 0. The van der Waals surface area contributed by atoms with Gasteiger partial charge in [0.15, 0.2) is 0 Å². The highest BCUT2D eigenvalue weighted by atomic mass is 32.2. The Morgan fingerprint density at radius 2 is 2.29 bits per heavy atom. The van der Waals surface area contributed by atoms with Gasteiger partial charge < -0.3 is 10.2 Å². The van der Waals surface area contributed by atoms with Crippen LogP contribution in [-0.4, -0.2) is 42.4 Å². The van der Waals surface area contributed by atoms with Gasteiger partial charge >= 0.3 is 0 Å². The number of hydrogen-bond donors (Lipinski definition) is 1. The van der Waals surface area contributed by atoms with E-state index in [9.17, 15) is 0 Å². The van der Waals surface area contributed by atoms with E-state index in [0.29, 0.717) is 6.04 Å². The highest BCUT2D eigenvalue weighted by molar-refractivity contribution is 7.98. The van der Waals surface area contributed by atoms with Gasteiger partial charge in [0.25, 0.3) is 0 Å². The lowest BCUT2D eigenvalue weighted by molar-refractivity contribution is 0.426. The summed E-state index contributed by atoms with van der Waals surface area (Å²) in [7, 11) is 2.08. The molecule has 0 radical (unpaired) electrons. The summed E-state index contributed by atoms with van der Waals surface area (Å²) in [5.74, 6) is 1.01. The quantitative estimate of drug-likeness (QED) is 0.584. The average molecular weight is 210 g/mol. The van der Waals surface area contributed by atoms with E-state index in [2.05, 4.69) is 27.2 Å². The molecule has 0 saturated carbocycles. The van der Waals surface area contributed by atoms with Gasteiger partial charge in [0.05, 0.1) is 6.04 Å². The Balaban J connectivity index is 2.13. The van der Waals surface area contributed by atoms with Gasteiger partial charge in [-0.15, -0.1) is 11.8 Å². The van der Waals surface area contributed by atoms with Crippen molar-refractivity contribution in [3.8, 4) is 0 Å². The maximum Gasteiger partial charge on any atom is 0.133 e. The number of thioether (sulfide) groups is 1. The number of rotatable bonds is 3. The fourth-order valence-electron chi connectivity index (χ4n) is 1.37. The molecule has 2 heterocycles. The Bertz CT molecular complexity index is 313. The monoisotopic (exact) mass is 210 g/mol. The van der Waals surface area contributed by atoms with E-state index in [4.69, 9.17) is 0 Å². The summed E-state index contributed by atoms with van der Waals surface area (Å²) in [5.41, 5.74) is 0. The third-order valence-corrected chi connectivity index (χ3v) is 3.15. The van der Waals surface area contributed by atoms with Crippen molar-refractivity contribution in [1.29, 1.82) is 0 Å². The van der Waals surface area contributed by atoms with Gasteiger partial charge in [0, 0.05) is 26.2 Å². The van der Waals surface area contributed by atoms with Crippen molar-refractivity contribution in [3.63, 3.8) is 0 Å². The van der Waals surface area contributed by atoms with Gasteiger partial charge in [0.1, 0.15) is 17.2 Å². The summed E-state index contributed by atoms with van der Waals surface area (Å²) in [6.07, 6.45) is 3.65. The van der Waals surface area contributed by atoms with Crippen LogP contribution in [0.3, 0.4) is 0 Å². The van der Waals surface area contributed by atoms with Crippen LogP contribution < -0.4 is 10.2 Å². The summed E-state index contributed by atoms with van der Waals surface area (Å²) in [6, 6.07) is 2.61. The van der Waals surface area contributed by atoms with Crippen LogP contribution in [0.1, 0.15) is 0 Å². The summed E-state index contributed by atoms with van der Waals surface area (Å²) in [5, 5.41) is 4.27. The Labute approximate surface area is 88.1 Å². The molecule has 5 heteroatoms. The van der Waals surface area contributed by atoms with E-state index < -0.39 is 0 Å². The third kappa shape index (κ3) is 1.83. The number of anilines is 1. The number of hydrogen-bond acceptors (Lipinski definition) is 5. The lowest BCUT2D eigenvalue weighted by Gasteiger charge is -2.36. The topological polar surface area (TPSA) is 41.0 Å². The number of nitrogens with zero attached hydrogens (tertiary/aromatic N) is 3. The minimum Gasteiger partial charge on any atom is -0.354 e. The molecule has 1 fully saturated rings. The molecule has 0 spiro atoms. The first-order valence-electron chi connectivity index (χ1n) is 4.61. The molecule has 1 saturated heterocycles. The second kappa shape index (κ2) is 4.14. The lowest BCUT2D eigenvalue weighted by atomic mass is 10.1. The van der Waals surface area contributed by atoms with Crippen LogP contribution in [0.15, 0.2) is 17.4 Å². The average Bonchev–Trinajstić information content (AvgIpc) is 2.15. The molecule has 1 aliphatic rings. The molecular weight excluding hydrogens is 196 g/mol. The van der Waals surface area contributed by atoms with Gasteiger partial charge in [0.2, 0.25) is 0 Å². The van der Waals surface area contributed by atoms with E-state index in [0.717, 1.165) is 23.9 Å². The first-order valence-corrected chi connectivity index (χ1v) is 5.83. The van der Waals surface area contributed by atoms with Gasteiger partial charge in [-0.1, -0.05) is 0 Å². The van der Waals surface area contributed by atoms with Crippen LogP contribution in [0, 0.1) is 0 Å². The summed E-state index contributed by atoms with van der Waals surface area (Å²) >= 11 is 1.64. The van der Waals surface area contributed by atoms with E-state index in [1.807, 2.05) is 12.3 Å². The predicted octanol–water partition coefficient (Wildman–Crippen LogP) is 0.607. The molecule has 0 unspecified atom stereocenters. The van der Waals surface area contributed by atoms with Crippen molar-refractivity contribution in [2.45, 2.75) is 11.1 Å². The Morgan fingerprint density at radius 1 is 1.50 bits per heavy atom. The molecule has 1 aromatic heterocycles. The van der Waals surface area contributed by atoms with Crippen LogP contribution >= 0.6 is 11.8 Å². The predicted molar refractivity (Wildman–Crippen MR) is 58.9 cm³/mol. The fourth-order valence-corrected chi connectivity index (χ4v) is 1.74. The van der Waals surface area contributed by atoms with E-state index in [1.165, 1.54) is 0 Å². The number of nitrogens with one attached hydrogen (secondary N) is 1. The Morgan fingerprint density at radius 3 is 2.86 bits per heavy atom. The molecule has 4 nitrogen and oxygen atoms in total. The maximum absolute atomic E-state index is 4.26. The van der Waals surface area contributed by atoms with Gasteiger partial charge in [-0.05, 0) is 6.26 Å². The van der Waals surface area contributed by atoms with Crippen molar-refractivity contribution in [2.24, 2.45) is 0 Å². The zero-order valence-electron chi connectivity index (χ0n) is 8.40. The SMILES string of the molecule is CSc1cc(N(C)C2CNC2)ncn1. The maximum atomic E-state index is 4.26. The van der Waals surface area contributed by atoms with Crippen molar-refractivity contribution in [2.75, 3.05) is 31.3 Å². The highest BCUT2D eigenvalue weighted by Crippen LogP contribution is 2.18. The number of aromatic nitrogens is 2. The molecule has 76 valence electrons. The molecule has 1 aromatic rings. The third-order valence-electron chi connectivity index (χ3n) is 2.51. The first kappa shape index (κ1) is 9.73. The molecule has 0 atom stereocenters. The van der Waals surface area contributed by atoms with Gasteiger partial charge in [-0.25, -0.2) is 9.97 Å². The Kier molecular flexibility index (Phi) is 2.88. The van der Waals surface area contributed by atoms with E-state index in [-0.39, 0.29) is 0 Å². The number of likely N-dealkylation sites (N-methyl/N-ethyl adjacent to an activating group) is 1. The minimum atomic E-state index is 0.583. The van der Waals surface area contributed by atoms with Crippen LogP contribution in [-0.2, 0) is 0 Å². The largest absolute Gasteiger partial charge is 0.354 e. The van der Waals surface area contributed by atoms with E-state index >= 15 is 0 Å². The molecule has 1 N–H and O–H groups in total. The van der Waals surface area contributed by atoms with Crippen molar-refractivity contribution in [3.05, 3.63) is 12.4 Å². The standard InChI is InChI=1S/C9H14N4S/c1-13(7-4-10-5-7)8-3-9(14-2)12-6-11-8/h3,6-7,10H,4-5H2,1-2H3. The van der Waals surface area contributed by atoms with E-state index in [1.54, 1.807) is 18.1 Å². The molecule has 1 aliphatic heterocycles. The van der Waals surface area contributed by atoms with Crippen LogP contribution in [0.2, 0.25) is 0 Å². The zero-order chi connectivity index (χ0) is 9.97. The van der Waals surface area contributed by atoms with Crippen molar-refractivity contribution < 1.29 is 0 Å². The minimum absolute atomic E-state index is 0.583. The molecule has 0 aromatic carbocycles. The molecular formula is C9H14N4S. The lowest BCUT2D eigenvalue weighted by Crippen LogP contribution is -2.56. The summed E-state index contributed by atoms with van der Waals surface area (Å²) in [4.78, 5) is 10.6. The first-order chi connectivity index (χ1) is 6.81. The van der Waals surface area contributed by atoms with Crippen molar-refractivity contribution >= 4 is 17.6 Å². The Hall–Kier alpha value is -0.810. The van der Waals surface area contributed by atoms with Gasteiger partial charge in [-0.3, -0.25) is 0 Å². The summed E-state index contributed by atoms with van der Waals surface area (Å²) in [6.45, 7) is 2.10. The van der Waals surface area contributed by atoms with Crippen LogP contribution in [0.25, 0.3) is 0 Å². The molecule has 0 aliphatic carbocycles. The molecule has 0 bridgehead atoms. The second-order valence-electron chi connectivity index (χ2n) is 3.34. The zero-order valence-corrected chi connectivity index (χ0v) is 9.21. The normalized spacial score (nSPS) is 16.4.